The summed E-state index contributed by atoms with van der Waals surface area (Å²) >= 11 is 2.88. The van der Waals surface area contributed by atoms with Crippen molar-refractivity contribution < 1.29 is 14.7 Å². The molecule has 0 heterocycles. The molecule has 0 aliphatic rings. The molecule has 0 aliphatic heterocycles. The monoisotopic (exact) mass is 238 g/mol. The highest BCUT2D eigenvalue weighted by atomic mass is 79.9. The molecule has 0 saturated carbocycles. The van der Waals surface area contributed by atoms with Gasteiger partial charge in [-0.25, -0.2) is 4.34 Å². The predicted molar refractivity (Wildman–Crippen MR) is 46.8 cm³/mol. The van der Waals surface area contributed by atoms with Gasteiger partial charge in [-0.3, -0.25) is 9.59 Å². The first kappa shape index (κ1) is 11.4. The summed E-state index contributed by atoms with van der Waals surface area (Å²) in [5, 5.41) is 10.7. The van der Waals surface area contributed by atoms with E-state index in [-0.39, 0.29) is 5.91 Å². The highest BCUT2D eigenvalue weighted by Crippen LogP contribution is 1.88. The number of hydrogen-bond donors (Lipinski definition) is 3. The van der Waals surface area contributed by atoms with Crippen molar-refractivity contribution in [1.82, 2.24) is 9.66 Å². The highest BCUT2D eigenvalue weighted by Gasteiger charge is 2.17. The van der Waals surface area contributed by atoms with Crippen molar-refractivity contribution in [2.45, 2.75) is 25.9 Å². The fourth-order valence-electron chi connectivity index (χ4n) is 0.450. The minimum absolute atomic E-state index is 0.359. The molecule has 0 aromatic heterocycles. The Balaban J connectivity index is 3.92. The first-order chi connectivity index (χ1) is 5.49. The molecule has 12 heavy (non-hydrogen) atoms. The molecule has 2 atom stereocenters. The van der Waals surface area contributed by atoms with Crippen LogP contribution in [0.4, 0.5) is 0 Å². The van der Waals surface area contributed by atoms with E-state index < -0.39 is 18.1 Å². The second-order valence-corrected chi connectivity index (χ2v) is 2.86. The molecule has 3 N–H and O–H groups in total. The zero-order chi connectivity index (χ0) is 9.72. The number of carbonyl (C=O) groups excluding carboxylic acids is 1. The molecule has 0 radical (unpaired) electrons. The van der Waals surface area contributed by atoms with Gasteiger partial charge in [-0.05, 0) is 13.8 Å². The Bertz CT molecular complexity index is 186. The van der Waals surface area contributed by atoms with E-state index in [1.165, 1.54) is 6.92 Å². The SMILES string of the molecule is C[C@H](NC(=O)[C@H](C)NBr)C(=O)O. The zero-order valence-electron chi connectivity index (χ0n) is 6.80. The van der Waals surface area contributed by atoms with Crippen LogP contribution in [0.5, 0.6) is 0 Å². The number of carboxylic acids is 1. The number of carbonyl (C=O) groups is 2. The van der Waals surface area contributed by atoms with Gasteiger partial charge in [-0.15, -0.1) is 0 Å². The minimum Gasteiger partial charge on any atom is -0.480 e. The zero-order valence-corrected chi connectivity index (χ0v) is 8.38. The molecular formula is C6H11BrN2O3. The van der Waals surface area contributed by atoms with Crippen molar-refractivity contribution in [1.29, 1.82) is 0 Å². The highest BCUT2D eigenvalue weighted by molar-refractivity contribution is 9.08. The van der Waals surface area contributed by atoms with Crippen molar-refractivity contribution in [2.24, 2.45) is 0 Å². The second kappa shape index (κ2) is 5.10. The molecule has 0 unspecified atom stereocenters. The van der Waals surface area contributed by atoms with Crippen LogP contribution in [-0.4, -0.2) is 29.1 Å². The van der Waals surface area contributed by atoms with Crippen LogP contribution in [0.3, 0.4) is 0 Å². The lowest BCUT2D eigenvalue weighted by atomic mass is 10.3. The van der Waals surface area contributed by atoms with Crippen LogP contribution in [0.15, 0.2) is 0 Å². The van der Waals surface area contributed by atoms with E-state index in [9.17, 15) is 9.59 Å². The van der Waals surface area contributed by atoms with E-state index in [1.807, 2.05) is 0 Å². The van der Waals surface area contributed by atoms with E-state index in [0.29, 0.717) is 0 Å². The minimum atomic E-state index is -1.05. The topological polar surface area (TPSA) is 78.4 Å². The molecule has 0 aromatic carbocycles. The fraction of sp³-hybridized carbons (Fsp3) is 0.667. The average Bonchev–Trinajstić information content (AvgIpc) is 2.02. The van der Waals surface area contributed by atoms with Gasteiger partial charge in [0.2, 0.25) is 5.91 Å². The lowest BCUT2D eigenvalue weighted by molar-refractivity contribution is -0.141. The molecule has 70 valence electrons. The van der Waals surface area contributed by atoms with Crippen LogP contribution in [0.1, 0.15) is 13.8 Å². The number of amides is 1. The maximum atomic E-state index is 11.0. The Morgan fingerprint density at radius 3 is 2.17 bits per heavy atom. The molecule has 0 aliphatic carbocycles. The summed E-state index contributed by atoms with van der Waals surface area (Å²) in [6.07, 6.45) is 0. The third-order valence-corrected chi connectivity index (χ3v) is 1.97. The van der Waals surface area contributed by atoms with Crippen LogP contribution >= 0.6 is 16.1 Å². The van der Waals surface area contributed by atoms with Crippen LogP contribution in [0.2, 0.25) is 0 Å². The summed E-state index contributed by atoms with van der Waals surface area (Å²) in [6.45, 7) is 3.01. The largest absolute Gasteiger partial charge is 0.480 e. The number of halogens is 1. The summed E-state index contributed by atoms with van der Waals surface area (Å²) in [4.78, 5) is 21.3. The smallest absolute Gasteiger partial charge is 0.325 e. The van der Waals surface area contributed by atoms with Gasteiger partial charge in [0.05, 0.1) is 6.04 Å². The van der Waals surface area contributed by atoms with Gasteiger partial charge < -0.3 is 10.4 Å². The van der Waals surface area contributed by atoms with E-state index in [4.69, 9.17) is 5.11 Å². The molecule has 6 heteroatoms. The Morgan fingerprint density at radius 1 is 1.33 bits per heavy atom. The molecule has 0 rings (SSSR count). The molecule has 1 amide bonds. The number of hydrogen-bond acceptors (Lipinski definition) is 3. The molecular weight excluding hydrogens is 228 g/mol. The molecule has 0 spiro atoms. The number of carboxylic acid groups (broad SMARTS) is 1. The van der Waals surface area contributed by atoms with Crippen LogP contribution in [0, 0.1) is 0 Å². The maximum absolute atomic E-state index is 11.0. The Labute approximate surface area is 78.9 Å². The van der Waals surface area contributed by atoms with E-state index >= 15 is 0 Å². The first-order valence-electron chi connectivity index (χ1n) is 3.38. The van der Waals surface area contributed by atoms with E-state index in [1.54, 1.807) is 6.92 Å². The standard InChI is InChI=1S/C6H11BrN2O3/c1-3(9-7)5(10)8-4(2)6(11)12/h3-4,9H,1-2H3,(H,8,10)(H,11,12)/t3-,4-/m0/s1. The summed E-state index contributed by atoms with van der Waals surface area (Å²) in [7, 11) is 0. The van der Waals surface area contributed by atoms with Crippen LogP contribution in [0.25, 0.3) is 0 Å². The lowest BCUT2D eigenvalue weighted by Crippen LogP contribution is -2.45. The molecule has 0 bridgehead atoms. The Morgan fingerprint density at radius 2 is 1.83 bits per heavy atom. The molecule has 0 aromatic rings. The normalized spacial score (nSPS) is 14.9. The van der Waals surface area contributed by atoms with Crippen LogP contribution in [-0.2, 0) is 9.59 Å². The van der Waals surface area contributed by atoms with Crippen molar-refractivity contribution in [2.75, 3.05) is 0 Å². The fourth-order valence-corrected chi connectivity index (χ4v) is 0.658. The summed E-state index contributed by atoms with van der Waals surface area (Å²) in [5.74, 6) is -1.41. The number of rotatable bonds is 4. The van der Waals surface area contributed by atoms with E-state index in [2.05, 4.69) is 25.8 Å². The number of nitrogens with one attached hydrogen (secondary N) is 2. The van der Waals surface area contributed by atoms with E-state index in [0.717, 1.165) is 0 Å². The van der Waals surface area contributed by atoms with Gasteiger partial charge in [0.15, 0.2) is 0 Å². The van der Waals surface area contributed by atoms with Gasteiger partial charge in [0.25, 0.3) is 0 Å². The predicted octanol–water partition coefficient (Wildman–Crippen LogP) is -0.136. The van der Waals surface area contributed by atoms with Crippen molar-refractivity contribution in [3.63, 3.8) is 0 Å². The molecule has 0 fully saturated rings. The Hall–Kier alpha value is -0.620. The second-order valence-electron chi connectivity index (χ2n) is 2.40. The van der Waals surface area contributed by atoms with Gasteiger partial charge in [-0.1, -0.05) is 0 Å². The summed E-state index contributed by atoms with van der Waals surface area (Å²) in [5.41, 5.74) is 0. The number of aliphatic carboxylic acids is 1. The van der Waals surface area contributed by atoms with Crippen LogP contribution < -0.4 is 9.66 Å². The summed E-state index contributed by atoms with van der Waals surface area (Å²) in [6, 6.07) is -1.31. The third kappa shape index (κ3) is 3.68. The first-order valence-corrected chi connectivity index (χ1v) is 4.17. The van der Waals surface area contributed by atoms with Gasteiger partial charge in [-0.2, -0.15) is 0 Å². The van der Waals surface area contributed by atoms with Crippen molar-refractivity contribution in [3.8, 4) is 0 Å². The molecule has 5 nitrogen and oxygen atoms in total. The average molecular weight is 239 g/mol. The maximum Gasteiger partial charge on any atom is 0.325 e. The third-order valence-electron chi connectivity index (χ3n) is 1.29. The Kier molecular flexibility index (Phi) is 4.84. The van der Waals surface area contributed by atoms with Gasteiger partial charge in [0.1, 0.15) is 6.04 Å². The summed E-state index contributed by atoms with van der Waals surface area (Å²) < 4.78 is 2.52. The van der Waals surface area contributed by atoms with Gasteiger partial charge in [0, 0.05) is 16.1 Å². The van der Waals surface area contributed by atoms with Crippen molar-refractivity contribution >= 4 is 28.0 Å². The lowest BCUT2D eigenvalue weighted by Gasteiger charge is -2.12. The quantitative estimate of drug-likeness (QED) is 0.597. The van der Waals surface area contributed by atoms with Crippen molar-refractivity contribution in [3.05, 3.63) is 0 Å². The van der Waals surface area contributed by atoms with Gasteiger partial charge >= 0.3 is 5.97 Å². The molecule has 0 saturated heterocycles.